The highest BCUT2D eigenvalue weighted by Gasteiger charge is 2.22. The molecule has 2 N–H and O–H groups in total. The third-order valence-corrected chi connectivity index (χ3v) is 4.38. The number of aromatic amines is 1. The Labute approximate surface area is 117 Å². The highest BCUT2D eigenvalue weighted by Crippen LogP contribution is 2.17. The first-order valence-electron chi connectivity index (χ1n) is 6.14. The molecule has 20 heavy (non-hydrogen) atoms. The average Bonchev–Trinajstić information content (AvgIpc) is 2.94. The van der Waals surface area contributed by atoms with Gasteiger partial charge < -0.3 is 4.42 Å². The van der Waals surface area contributed by atoms with Gasteiger partial charge in [-0.2, -0.15) is 5.10 Å². The van der Waals surface area contributed by atoms with Crippen molar-refractivity contribution in [1.82, 2.24) is 25.1 Å². The van der Waals surface area contributed by atoms with Crippen LogP contribution in [-0.2, 0) is 16.6 Å². The fraction of sp³-hybridized carbons (Fsp3) is 0.545. The van der Waals surface area contributed by atoms with Gasteiger partial charge in [0.05, 0.1) is 17.9 Å². The van der Waals surface area contributed by atoms with E-state index in [0.29, 0.717) is 17.3 Å². The lowest BCUT2D eigenvalue weighted by molar-refractivity contribution is 0.427. The molecule has 0 saturated heterocycles. The lowest BCUT2D eigenvalue weighted by Gasteiger charge is -2.04. The van der Waals surface area contributed by atoms with Crippen molar-refractivity contribution in [2.45, 2.75) is 45.1 Å². The van der Waals surface area contributed by atoms with Crippen molar-refractivity contribution in [2.24, 2.45) is 0 Å². The predicted octanol–water partition coefficient (Wildman–Crippen LogP) is 1.01. The number of rotatable bonds is 5. The quantitative estimate of drug-likeness (QED) is 0.851. The van der Waals surface area contributed by atoms with Crippen molar-refractivity contribution >= 4 is 10.0 Å². The Morgan fingerprint density at radius 3 is 2.50 bits per heavy atom. The predicted molar refractivity (Wildman–Crippen MR) is 70.5 cm³/mol. The molecule has 2 heterocycles. The number of sulfonamides is 1. The van der Waals surface area contributed by atoms with E-state index in [1.165, 1.54) is 0 Å². The largest absolute Gasteiger partial charge is 0.424 e. The zero-order valence-electron chi connectivity index (χ0n) is 11.8. The van der Waals surface area contributed by atoms with Gasteiger partial charge in [0.2, 0.25) is 21.8 Å². The fourth-order valence-electron chi connectivity index (χ4n) is 1.74. The van der Waals surface area contributed by atoms with Crippen LogP contribution in [0.4, 0.5) is 0 Å². The van der Waals surface area contributed by atoms with Crippen molar-refractivity contribution in [3.05, 3.63) is 23.2 Å². The first kappa shape index (κ1) is 14.7. The van der Waals surface area contributed by atoms with E-state index >= 15 is 0 Å². The molecule has 0 radical (unpaired) electrons. The molecule has 2 rings (SSSR count). The lowest BCUT2D eigenvalue weighted by atomic mass is 10.2. The minimum atomic E-state index is -3.66. The van der Waals surface area contributed by atoms with E-state index in [-0.39, 0.29) is 23.2 Å². The van der Waals surface area contributed by atoms with Gasteiger partial charge in [0.1, 0.15) is 4.90 Å². The molecule has 0 saturated carbocycles. The molecule has 0 unspecified atom stereocenters. The summed E-state index contributed by atoms with van der Waals surface area (Å²) in [7, 11) is -3.66. The Morgan fingerprint density at radius 1 is 1.30 bits per heavy atom. The number of nitrogens with one attached hydrogen (secondary N) is 2. The molecule has 0 aliphatic carbocycles. The summed E-state index contributed by atoms with van der Waals surface area (Å²) in [5.74, 6) is 0.817. The first-order valence-corrected chi connectivity index (χ1v) is 7.63. The van der Waals surface area contributed by atoms with Crippen LogP contribution >= 0.6 is 0 Å². The van der Waals surface area contributed by atoms with Crippen LogP contribution in [0, 0.1) is 13.8 Å². The lowest BCUT2D eigenvalue weighted by Crippen LogP contribution is -2.24. The molecule has 9 heteroatoms. The van der Waals surface area contributed by atoms with Crippen LogP contribution < -0.4 is 4.72 Å². The van der Waals surface area contributed by atoms with E-state index in [1.54, 1.807) is 13.8 Å². The van der Waals surface area contributed by atoms with E-state index in [0.717, 1.165) is 0 Å². The number of H-pyrrole nitrogens is 1. The van der Waals surface area contributed by atoms with E-state index < -0.39 is 10.0 Å². The molecule has 0 aliphatic heterocycles. The maximum atomic E-state index is 12.2. The summed E-state index contributed by atoms with van der Waals surface area (Å²) in [4.78, 5) is 0.154. The number of aryl methyl sites for hydroxylation is 2. The Kier molecular flexibility index (Phi) is 3.91. The molecule has 0 spiro atoms. The van der Waals surface area contributed by atoms with Crippen molar-refractivity contribution in [2.75, 3.05) is 0 Å². The van der Waals surface area contributed by atoms with Gasteiger partial charge >= 0.3 is 0 Å². The molecule has 0 aromatic carbocycles. The number of hydrogen-bond acceptors (Lipinski definition) is 6. The van der Waals surface area contributed by atoms with Crippen molar-refractivity contribution in [1.29, 1.82) is 0 Å². The molecule has 0 aliphatic rings. The SMILES string of the molecule is Cc1n[nH]c(C)c1S(=O)(=O)NCc1nnc(C(C)C)o1. The van der Waals surface area contributed by atoms with Crippen LogP contribution in [-0.4, -0.2) is 28.8 Å². The molecule has 0 bridgehead atoms. The summed E-state index contributed by atoms with van der Waals surface area (Å²) in [5, 5.41) is 14.2. The average molecular weight is 299 g/mol. The molecule has 8 nitrogen and oxygen atoms in total. The van der Waals surface area contributed by atoms with Crippen molar-refractivity contribution < 1.29 is 12.8 Å². The summed E-state index contributed by atoms with van der Waals surface area (Å²) in [6.45, 7) is 7.06. The van der Waals surface area contributed by atoms with Crippen LogP contribution in [0.25, 0.3) is 0 Å². The minimum absolute atomic E-state index is 0.0495. The van der Waals surface area contributed by atoms with E-state index in [9.17, 15) is 8.42 Å². The normalized spacial score (nSPS) is 12.2. The van der Waals surface area contributed by atoms with Gasteiger partial charge in [-0.3, -0.25) is 5.10 Å². The van der Waals surface area contributed by atoms with Crippen molar-refractivity contribution in [3.63, 3.8) is 0 Å². The van der Waals surface area contributed by atoms with Gasteiger partial charge in [-0.15, -0.1) is 10.2 Å². The molecular formula is C11H17N5O3S. The number of hydrogen-bond donors (Lipinski definition) is 2. The second-order valence-electron chi connectivity index (χ2n) is 4.78. The summed E-state index contributed by atoms with van der Waals surface area (Å²) in [6.07, 6.45) is 0. The fourth-order valence-corrected chi connectivity index (χ4v) is 3.08. The summed E-state index contributed by atoms with van der Waals surface area (Å²) < 4.78 is 32.1. The highest BCUT2D eigenvalue weighted by molar-refractivity contribution is 7.89. The molecule has 2 aromatic heterocycles. The standard InChI is InChI=1S/C11H17N5O3S/c1-6(2)11-16-15-9(19-11)5-12-20(17,18)10-7(3)13-14-8(10)4/h6,12H,5H2,1-4H3,(H,13,14). The van der Waals surface area contributed by atoms with Crippen LogP contribution in [0.15, 0.2) is 9.31 Å². The first-order chi connectivity index (χ1) is 9.31. The van der Waals surface area contributed by atoms with Gasteiger partial charge in [0.15, 0.2) is 0 Å². The smallest absolute Gasteiger partial charge is 0.244 e. The van der Waals surface area contributed by atoms with Crippen LogP contribution in [0.5, 0.6) is 0 Å². The van der Waals surface area contributed by atoms with E-state index in [2.05, 4.69) is 25.1 Å². The minimum Gasteiger partial charge on any atom is -0.424 e. The third kappa shape index (κ3) is 2.88. The van der Waals surface area contributed by atoms with E-state index in [4.69, 9.17) is 4.42 Å². The molecule has 2 aromatic rings. The van der Waals surface area contributed by atoms with Gasteiger partial charge in [-0.1, -0.05) is 13.8 Å². The second kappa shape index (κ2) is 5.33. The summed E-state index contributed by atoms with van der Waals surface area (Å²) in [6, 6.07) is 0. The van der Waals surface area contributed by atoms with Gasteiger partial charge in [-0.05, 0) is 13.8 Å². The number of nitrogens with zero attached hydrogens (tertiary/aromatic N) is 3. The molecule has 0 amide bonds. The maximum absolute atomic E-state index is 12.2. The van der Waals surface area contributed by atoms with Gasteiger partial charge in [-0.25, -0.2) is 13.1 Å². The van der Waals surface area contributed by atoms with Gasteiger partial charge in [0, 0.05) is 5.92 Å². The Bertz CT molecular complexity index is 682. The van der Waals surface area contributed by atoms with E-state index in [1.807, 2.05) is 13.8 Å². The monoisotopic (exact) mass is 299 g/mol. The number of aromatic nitrogens is 4. The van der Waals surface area contributed by atoms with Crippen LogP contribution in [0.1, 0.15) is 42.9 Å². The molecule has 0 fully saturated rings. The second-order valence-corrected chi connectivity index (χ2v) is 6.48. The third-order valence-electron chi connectivity index (χ3n) is 2.72. The van der Waals surface area contributed by atoms with Gasteiger partial charge in [0.25, 0.3) is 0 Å². The molecule has 0 atom stereocenters. The maximum Gasteiger partial charge on any atom is 0.244 e. The van der Waals surface area contributed by atoms with Crippen LogP contribution in [0.2, 0.25) is 0 Å². The van der Waals surface area contributed by atoms with Crippen LogP contribution in [0.3, 0.4) is 0 Å². The Balaban J connectivity index is 2.13. The summed E-state index contributed by atoms with van der Waals surface area (Å²) in [5.41, 5.74) is 0.909. The Morgan fingerprint density at radius 2 is 2.00 bits per heavy atom. The Hall–Kier alpha value is -1.74. The zero-order chi connectivity index (χ0) is 14.9. The topological polar surface area (TPSA) is 114 Å². The highest BCUT2D eigenvalue weighted by atomic mass is 32.2. The molecule has 110 valence electrons. The summed E-state index contributed by atoms with van der Waals surface area (Å²) >= 11 is 0. The zero-order valence-corrected chi connectivity index (χ0v) is 12.6. The molecular weight excluding hydrogens is 282 g/mol. The van der Waals surface area contributed by atoms with Crippen molar-refractivity contribution in [3.8, 4) is 0 Å².